The predicted octanol–water partition coefficient (Wildman–Crippen LogP) is 19.8. The summed E-state index contributed by atoms with van der Waals surface area (Å²) >= 11 is 0. The monoisotopic (exact) mass is 882 g/mol. The molecule has 0 aromatic heterocycles. The minimum Gasteiger partial charge on any atom is -0.0622 e. The van der Waals surface area contributed by atoms with Gasteiger partial charge in [-0.1, -0.05) is 237 Å². The van der Waals surface area contributed by atoms with Crippen LogP contribution in [-0.4, -0.2) is 0 Å². The van der Waals surface area contributed by atoms with Crippen LogP contribution in [0.5, 0.6) is 0 Å². The first-order valence-corrected chi connectivity index (χ1v) is 24.4. The van der Waals surface area contributed by atoms with Crippen molar-refractivity contribution in [3.05, 3.63) is 255 Å². The number of hydrogen-bond donors (Lipinski definition) is 0. The fraction of sp³-hybridized carbons (Fsp3) is 0. The average Bonchev–Trinajstić information content (AvgIpc) is 3.94. The summed E-state index contributed by atoms with van der Waals surface area (Å²) < 4.78 is 0. The van der Waals surface area contributed by atoms with Gasteiger partial charge in [0.05, 0.1) is 0 Å². The van der Waals surface area contributed by atoms with E-state index in [9.17, 15) is 0 Å². The Morgan fingerprint density at radius 1 is 0.157 bits per heavy atom. The highest BCUT2D eigenvalue weighted by Gasteiger charge is 2.29. The van der Waals surface area contributed by atoms with Crippen LogP contribution in [0.4, 0.5) is 0 Å². The molecule has 0 saturated carbocycles. The van der Waals surface area contributed by atoms with Gasteiger partial charge in [-0.15, -0.1) is 0 Å². The molecule has 0 nitrogen and oxygen atoms in total. The van der Waals surface area contributed by atoms with Crippen molar-refractivity contribution in [2.45, 2.75) is 0 Å². The van der Waals surface area contributed by atoms with Crippen molar-refractivity contribution in [2.75, 3.05) is 0 Å². The molecule has 0 fully saturated rings. The van der Waals surface area contributed by atoms with Crippen molar-refractivity contribution in [3.8, 4) is 66.8 Å². The van der Waals surface area contributed by atoms with E-state index in [1.807, 2.05) is 0 Å². The van der Waals surface area contributed by atoms with E-state index < -0.39 is 0 Å². The van der Waals surface area contributed by atoms with E-state index in [-0.39, 0.29) is 0 Å². The van der Waals surface area contributed by atoms with Crippen LogP contribution < -0.4 is 0 Å². The van der Waals surface area contributed by atoms with E-state index in [4.69, 9.17) is 0 Å². The van der Waals surface area contributed by atoms with Crippen LogP contribution in [0.3, 0.4) is 0 Å². The zero-order valence-corrected chi connectivity index (χ0v) is 38.2. The molecule has 0 aliphatic heterocycles. The first-order valence-electron chi connectivity index (χ1n) is 24.4. The molecule has 0 atom stereocenters. The summed E-state index contributed by atoms with van der Waals surface area (Å²) in [7, 11) is 0. The molecule has 0 aliphatic carbocycles. The van der Waals surface area contributed by atoms with Crippen molar-refractivity contribution in [2.24, 2.45) is 0 Å². The fourth-order valence-electron chi connectivity index (χ4n) is 12.5. The number of benzene rings is 13. The van der Waals surface area contributed by atoms with Gasteiger partial charge in [0.15, 0.2) is 0 Å². The number of fused-ring (bicyclic) bond motifs is 9. The van der Waals surface area contributed by atoms with Gasteiger partial charge in [0, 0.05) is 0 Å². The molecule has 0 heterocycles. The predicted molar refractivity (Wildman–Crippen MR) is 301 cm³/mol. The van der Waals surface area contributed by atoms with Crippen molar-refractivity contribution < 1.29 is 0 Å². The Bertz CT molecular complexity index is 4540. The first kappa shape index (κ1) is 38.9. The second-order valence-electron chi connectivity index (χ2n) is 18.9. The molecule has 15 aromatic rings. The van der Waals surface area contributed by atoms with E-state index in [1.54, 1.807) is 0 Å². The van der Waals surface area contributed by atoms with Crippen LogP contribution in [0, 0.1) is 0 Å². The lowest BCUT2D eigenvalue weighted by molar-refractivity contribution is 1.61. The molecule has 15 aromatic carbocycles. The van der Waals surface area contributed by atoms with E-state index in [0.29, 0.717) is 0 Å². The Morgan fingerprint density at radius 3 is 1.20 bits per heavy atom. The highest BCUT2D eigenvalue weighted by molar-refractivity contribution is 6.45. The number of rotatable bonds is 6. The van der Waals surface area contributed by atoms with Gasteiger partial charge in [0.1, 0.15) is 0 Å². The van der Waals surface area contributed by atoms with E-state index >= 15 is 0 Å². The Kier molecular flexibility index (Phi) is 8.46. The van der Waals surface area contributed by atoms with Gasteiger partial charge < -0.3 is 0 Å². The lowest BCUT2D eigenvalue weighted by Gasteiger charge is -2.22. The molecule has 70 heavy (non-hydrogen) atoms. The van der Waals surface area contributed by atoms with Crippen LogP contribution in [0.15, 0.2) is 255 Å². The summed E-state index contributed by atoms with van der Waals surface area (Å²) in [6, 6.07) is 95.3. The molecule has 322 valence electrons. The molecule has 0 aliphatic rings. The molecular formula is C70H42. The van der Waals surface area contributed by atoms with Crippen LogP contribution in [0.2, 0.25) is 0 Å². The molecule has 15 rings (SSSR count). The van der Waals surface area contributed by atoms with Gasteiger partial charge >= 0.3 is 0 Å². The van der Waals surface area contributed by atoms with Crippen LogP contribution in [0.25, 0.3) is 153 Å². The van der Waals surface area contributed by atoms with Crippen molar-refractivity contribution in [1.82, 2.24) is 0 Å². The molecule has 0 saturated heterocycles. The van der Waals surface area contributed by atoms with Gasteiger partial charge in [-0.3, -0.25) is 0 Å². The van der Waals surface area contributed by atoms with Crippen molar-refractivity contribution in [3.63, 3.8) is 0 Å². The van der Waals surface area contributed by atoms with E-state index in [1.165, 1.54) is 153 Å². The molecule has 0 N–H and O–H groups in total. The van der Waals surface area contributed by atoms with E-state index in [2.05, 4.69) is 255 Å². The normalized spacial score (nSPS) is 12.0. The topological polar surface area (TPSA) is 0 Å². The summed E-state index contributed by atoms with van der Waals surface area (Å²) in [5.74, 6) is 0. The molecule has 0 bridgehead atoms. The zero-order chi connectivity index (χ0) is 45.9. The third kappa shape index (κ3) is 5.59. The molecular weight excluding hydrogens is 841 g/mol. The Morgan fingerprint density at radius 2 is 0.571 bits per heavy atom. The Hall–Kier alpha value is -9.10. The summed E-state index contributed by atoms with van der Waals surface area (Å²) in [5.41, 5.74) is 14.8. The van der Waals surface area contributed by atoms with Crippen LogP contribution in [-0.2, 0) is 0 Å². The molecule has 0 spiro atoms. The maximum atomic E-state index is 2.56. The maximum Gasteiger partial charge on any atom is -0.000696 e. The van der Waals surface area contributed by atoms with Crippen molar-refractivity contribution in [1.29, 1.82) is 0 Å². The zero-order valence-electron chi connectivity index (χ0n) is 38.2. The largest absolute Gasteiger partial charge is 0.0622 e. The standard InChI is InChI=1S/C70H42/c1-4-20-43(21-5-1)48-28-12-16-32-53(48)66-63-42-62-51-31-15-14-30-50(51)55-34-18-36-57(65(55)62)67(63)68(54-33-17-13-29-49(54)44-22-6-2-7-23-44)70-58-37-19-35-56-52(38-39-59(64(56)58)69(66)70)61-41-47-27-11-10-26-46(47)40-60(61)45-24-8-3-9-25-45/h1-42H. The second-order valence-corrected chi connectivity index (χ2v) is 18.9. The fourth-order valence-corrected chi connectivity index (χ4v) is 12.5. The average molecular weight is 883 g/mol. The lowest BCUT2D eigenvalue weighted by atomic mass is 9.81. The van der Waals surface area contributed by atoms with Gasteiger partial charge in [-0.2, -0.15) is 0 Å². The van der Waals surface area contributed by atoms with Gasteiger partial charge in [-0.05, 0) is 171 Å². The minimum absolute atomic E-state index is 1.21. The minimum atomic E-state index is 1.21. The maximum absolute atomic E-state index is 2.56. The third-order valence-corrected chi connectivity index (χ3v) is 15.3. The highest BCUT2D eigenvalue weighted by Crippen LogP contribution is 2.57. The smallest absolute Gasteiger partial charge is 0.000696 e. The summed E-state index contributed by atoms with van der Waals surface area (Å²) in [5, 5.41) is 20.5. The Labute approximate surface area is 405 Å². The molecule has 0 heteroatoms. The second kappa shape index (κ2) is 15.2. The summed E-state index contributed by atoms with van der Waals surface area (Å²) in [6.07, 6.45) is 0. The molecule has 0 amide bonds. The molecule has 0 radical (unpaired) electrons. The first-order chi connectivity index (χ1) is 34.8. The van der Waals surface area contributed by atoms with Crippen LogP contribution in [0.1, 0.15) is 0 Å². The number of hydrogen-bond acceptors (Lipinski definition) is 0. The summed E-state index contributed by atoms with van der Waals surface area (Å²) in [6.45, 7) is 0. The van der Waals surface area contributed by atoms with Gasteiger partial charge in [0.25, 0.3) is 0 Å². The third-order valence-electron chi connectivity index (χ3n) is 15.3. The van der Waals surface area contributed by atoms with E-state index in [0.717, 1.165) is 0 Å². The Balaban J connectivity index is 1.20. The molecule has 0 unspecified atom stereocenters. The highest BCUT2D eigenvalue weighted by atomic mass is 14.3. The SMILES string of the molecule is c1ccc(-c2cc3ccccc3cc2-c2ccc3c4c(-c5ccccc5-c5ccccc5)c5cc6c7ccccc7c7cccc(c5c(-c5ccccc5-c5ccccc5)c4c4cccc2c34)c76)cc1. The quantitative estimate of drug-likeness (QED) is 0.146. The van der Waals surface area contributed by atoms with Gasteiger partial charge in [-0.25, -0.2) is 0 Å². The van der Waals surface area contributed by atoms with Gasteiger partial charge in [0.2, 0.25) is 0 Å². The summed E-state index contributed by atoms with van der Waals surface area (Å²) in [4.78, 5) is 0. The van der Waals surface area contributed by atoms with Crippen molar-refractivity contribution >= 4 is 86.2 Å². The lowest BCUT2D eigenvalue weighted by Crippen LogP contribution is -1.94. The van der Waals surface area contributed by atoms with Crippen LogP contribution >= 0.6 is 0 Å².